The number of methoxy groups -OCH3 is 1. The number of benzene rings is 2. The fourth-order valence-electron chi connectivity index (χ4n) is 4.79. The van der Waals surface area contributed by atoms with Gasteiger partial charge >= 0.3 is 5.97 Å². The molecule has 3 N–H and O–H groups in total. The number of thioether (sulfide) groups is 1. The minimum atomic E-state index is -0.656. The van der Waals surface area contributed by atoms with Crippen LogP contribution < -0.4 is 15.8 Å². The molecule has 42 heavy (non-hydrogen) atoms. The highest BCUT2D eigenvalue weighted by molar-refractivity contribution is 8.00. The van der Waals surface area contributed by atoms with E-state index in [1.165, 1.54) is 16.7 Å². The number of nitrogens with zero attached hydrogens (tertiary/aromatic N) is 2. The van der Waals surface area contributed by atoms with Crippen molar-refractivity contribution in [2.24, 2.45) is 5.73 Å². The van der Waals surface area contributed by atoms with Crippen LogP contribution in [0.15, 0.2) is 78.0 Å². The average molecular weight is 594 g/mol. The van der Waals surface area contributed by atoms with Crippen LogP contribution in [0.25, 0.3) is 0 Å². The van der Waals surface area contributed by atoms with E-state index >= 15 is 0 Å². The second-order valence-corrected chi connectivity index (χ2v) is 11.8. The van der Waals surface area contributed by atoms with Gasteiger partial charge < -0.3 is 25.0 Å². The lowest BCUT2D eigenvalue weighted by Gasteiger charge is -2.46. The lowest BCUT2D eigenvalue weighted by atomic mass is 10.0. The quantitative estimate of drug-likeness (QED) is 0.208. The molecule has 2 aliphatic heterocycles. The van der Waals surface area contributed by atoms with Gasteiger partial charge in [0.2, 0.25) is 11.8 Å². The molecule has 1 fully saturated rings. The normalized spacial score (nSPS) is 19.5. The summed E-state index contributed by atoms with van der Waals surface area (Å²) < 4.78 is 11.2. The molecular weight excluding hydrogens is 556 g/mol. The number of nitrogens with one attached hydrogen (secondary N) is 1. The lowest BCUT2D eigenvalue weighted by Crippen LogP contribution is -2.57. The summed E-state index contributed by atoms with van der Waals surface area (Å²) in [6.45, 7) is 3.21. The molecule has 0 radical (unpaired) electrons. The number of rotatable bonds is 13. The van der Waals surface area contributed by atoms with Crippen molar-refractivity contribution in [2.75, 3.05) is 33.8 Å². The van der Waals surface area contributed by atoms with E-state index in [9.17, 15) is 19.2 Å². The van der Waals surface area contributed by atoms with Crippen LogP contribution in [0.5, 0.6) is 5.75 Å². The van der Waals surface area contributed by atoms with E-state index < -0.39 is 17.3 Å². The molecule has 2 aliphatic rings. The van der Waals surface area contributed by atoms with Gasteiger partial charge in [0, 0.05) is 5.57 Å². The number of amides is 3. The number of ether oxygens (including phenoxy) is 2. The summed E-state index contributed by atoms with van der Waals surface area (Å²) in [5.41, 5.74) is 7.67. The van der Waals surface area contributed by atoms with Crippen molar-refractivity contribution in [3.8, 4) is 5.75 Å². The first-order valence-corrected chi connectivity index (χ1v) is 14.7. The van der Waals surface area contributed by atoms with Crippen molar-refractivity contribution >= 4 is 35.5 Å². The van der Waals surface area contributed by atoms with Crippen LogP contribution in [0.3, 0.4) is 0 Å². The van der Waals surface area contributed by atoms with Gasteiger partial charge in [-0.3, -0.25) is 19.3 Å². The first-order valence-electron chi connectivity index (χ1n) is 13.8. The van der Waals surface area contributed by atoms with E-state index in [1.807, 2.05) is 50.4 Å². The van der Waals surface area contributed by atoms with E-state index in [1.54, 1.807) is 37.5 Å². The van der Waals surface area contributed by atoms with Gasteiger partial charge in [-0.2, -0.15) is 0 Å². The molecule has 0 aliphatic carbocycles. The standard InChI is InChI=1S/C31H36N4O6S/c1-4-35(2,19-25(32)36)16-8-11-24-29(31(39)41-20-22-12-14-23(40-3)15-13-22)34-27(38)18-28(34)42-30(24)33-26(37)17-21-9-6-5-7-10-21/h5-15,28,30H,4,16-20H2,1-3H3,(H2-,32,33,36,37)/p+1/b11-8+/t28-,30?,35?/m1/s1. The van der Waals surface area contributed by atoms with E-state index in [4.69, 9.17) is 15.2 Å². The Morgan fingerprint density at radius 1 is 1.12 bits per heavy atom. The predicted molar refractivity (Wildman–Crippen MR) is 160 cm³/mol. The Bertz CT molecular complexity index is 1380. The number of hydrogen-bond donors (Lipinski definition) is 2. The van der Waals surface area contributed by atoms with Crippen molar-refractivity contribution in [2.45, 2.75) is 37.1 Å². The number of likely N-dealkylation sites (N-methyl/N-ethyl adjacent to an activating group) is 1. The minimum absolute atomic E-state index is 0.00238. The zero-order chi connectivity index (χ0) is 30.3. The Balaban J connectivity index is 1.64. The fraction of sp³-hybridized carbons (Fsp3) is 0.355. The highest BCUT2D eigenvalue weighted by Gasteiger charge is 2.49. The van der Waals surface area contributed by atoms with Crippen LogP contribution in [0.1, 0.15) is 24.5 Å². The van der Waals surface area contributed by atoms with Crippen molar-refractivity contribution in [3.05, 3.63) is 89.1 Å². The second-order valence-electron chi connectivity index (χ2n) is 10.5. The van der Waals surface area contributed by atoms with Crippen molar-refractivity contribution in [1.29, 1.82) is 0 Å². The van der Waals surface area contributed by atoms with E-state index in [0.29, 0.717) is 28.9 Å². The molecule has 2 heterocycles. The molecule has 3 amide bonds. The van der Waals surface area contributed by atoms with E-state index in [-0.39, 0.29) is 48.9 Å². The highest BCUT2D eigenvalue weighted by atomic mass is 32.2. The Morgan fingerprint density at radius 3 is 2.45 bits per heavy atom. The number of β-lactam (4-membered cyclic amide) rings is 1. The predicted octanol–water partition coefficient (Wildman–Crippen LogP) is 2.49. The zero-order valence-electron chi connectivity index (χ0n) is 24.1. The number of primary amides is 1. The highest BCUT2D eigenvalue weighted by Crippen LogP contribution is 2.44. The van der Waals surface area contributed by atoms with E-state index in [0.717, 1.165) is 11.1 Å². The summed E-state index contributed by atoms with van der Waals surface area (Å²) in [6.07, 6.45) is 4.02. The van der Waals surface area contributed by atoms with Crippen LogP contribution in [-0.2, 0) is 36.9 Å². The van der Waals surface area contributed by atoms with Gasteiger partial charge in [0.25, 0.3) is 5.91 Å². The van der Waals surface area contributed by atoms with Crippen LogP contribution in [0, 0.1) is 0 Å². The summed E-state index contributed by atoms with van der Waals surface area (Å²) in [6, 6.07) is 16.5. The van der Waals surface area contributed by atoms with Gasteiger partial charge in [0.1, 0.15) is 23.4 Å². The average Bonchev–Trinajstić information content (AvgIpc) is 2.96. The van der Waals surface area contributed by atoms with Crippen LogP contribution in [-0.4, -0.2) is 77.6 Å². The molecule has 2 aromatic carbocycles. The molecule has 2 unspecified atom stereocenters. The molecule has 11 heteroatoms. The van der Waals surface area contributed by atoms with Gasteiger partial charge in [-0.15, -0.1) is 11.8 Å². The van der Waals surface area contributed by atoms with Gasteiger partial charge in [-0.05, 0) is 36.3 Å². The van der Waals surface area contributed by atoms with Crippen LogP contribution in [0.2, 0.25) is 0 Å². The Kier molecular flexibility index (Phi) is 10.1. The van der Waals surface area contributed by atoms with Gasteiger partial charge in [-0.1, -0.05) is 48.5 Å². The first kappa shape index (κ1) is 30.9. The maximum absolute atomic E-state index is 13.6. The smallest absolute Gasteiger partial charge is 0.355 e. The Labute approximate surface area is 250 Å². The molecule has 4 rings (SSSR count). The van der Waals surface area contributed by atoms with Crippen molar-refractivity contribution in [1.82, 2.24) is 10.2 Å². The summed E-state index contributed by atoms with van der Waals surface area (Å²) in [7, 11) is 3.49. The zero-order valence-corrected chi connectivity index (χ0v) is 24.9. The molecule has 3 atom stereocenters. The van der Waals surface area contributed by atoms with Crippen LogP contribution >= 0.6 is 11.8 Å². The third kappa shape index (κ3) is 7.59. The molecular formula is C31H37N4O6S+. The number of hydrogen-bond acceptors (Lipinski definition) is 7. The maximum atomic E-state index is 13.6. The fourth-order valence-corrected chi connectivity index (χ4v) is 6.22. The number of esters is 1. The summed E-state index contributed by atoms with van der Waals surface area (Å²) in [5, 5.41) is 2.17. The number of nitrogens with two attached hydrogens (primary N) is 1. The maximum Gasteiger partial charge on any atom is 0.355 e. The van der Waals surface area contributed by atoms with Gasteiger partial charge in [0.15, 0.2) is 6.54 Å². The topological polar surface area (TPSA) is 128 Å². The molecule has 222 valence electrons. The van der Waals surface area contributed by atoms with Gasteiger partial charge in [-0.25, -0.2) is 4.79 Å². The number of carbonyl (C=O) groups excluding carboxylic acids is 4. The molecule has 10 nitrogen and oxygen atoms in total. The first-order chi connectivity index (χ1) is 20.1. The SMILES string of the molecule is CC[N+](C)(C/C=C/C1=C(C(=O)OCc2ccc(OC)cc2)N2C(=O)C[C@H]2SC1NC(=O)Cc1ccccc1)CC(N)=O. The monoisotopic (exact) mass is 593 g/mol. The molecule has 2 aromatic rings. The molecule has 0 spiro atoms. The second kappa shape index (κ2) is 13.7. The largest absolute Gasteiger partial charge is 0.497 e. The lowest BCUT2D eigenvalue weighted by molar-refractivity contribution is -0.894. The third-order valence-corrected chi connectivity index (χ3v) is 8.70. The van der Waals surface area contributed by atoms with E-state index in [2.05, 4.69) is 5.32 Å². The summed E-state index contributed by atoms with van der Waals surface area (Å²) >= 11 is 1.41. The number of carbonyl (C=O) groups is 4. The number of fused-ring (bicyclic) bond motifs is 1. The molecule has 1 saturated heterocycles. The minimum Gasteiger partial charge on any atom is -0.497 e. The summed E-state index contributed by atoms with van der Waals surface area (Å²) in [4.78, 5) is 52.6. The molecule has 0 bridgehead atoms. The van der Waals surface area contributed by atoms with Crippen molar-refractivity contribution < 1.29 is 33.1 Å². The van der Waals surface area contributed by atoms with Gasteiger partial charge in [0.05, 0.1) is 45.5 Å². The Morgan fingerprint density at radius 2 is 1.83 bits per heavy atom. The Hall–Kier alpha value is -4.09. The summed E-state index contributed by atoms with van der Waals surface area (Å²) in [5.74, 6) is -0.787. The third-order valence-electron chi connectivity index (χ3n) is 7.36. The van der Waals surface area contributed by atoms with Crippen LogP contribution in [0.4, 0.5) is 0 Å². The number of quaternary nitrogens is 1. The molecule has 0 saturated carbocycles. The molecule has 0 aromatic heterocycles. The van der Waals surface area contributed by atoms with Crippen molar-refractivity contribution in [3.63, 3.8) is 0 Å².